The molecule has 0 bridgehead atoms. The molecule has 32 heavy (non-hydrogen) atoms. The van der Waals surface area contributed by atoms with E-state index in [1.807, 2.05) is 37.7 Å². The second-order valence-electron chi connectivity index (χ2n) is 9.21. The second-order valence-corrected chi connectivity index (χ2v) is 9.21. The standard InChI is InChI=1S/C24H30N4O4/c1-15(2)20-6-5-7-21(28(20)31)23(29)25-19-12-16-14-27(26-18(16)13-22(19)32-4)17-8-10-24(3,30)11-9-17/h5-7,12-15,17,30H,8-11H2,1-4H3,(H-,25,29,31)/p+1. The first-order chi connectivity index (χ1) is 15.2. The number of nitrogens with one attached hydrogen (secondary N) is 1. The molecule has 0 radical (unpaired) electrons. The van der Waals surface area contributed by atoms with Gasteiger partial charge in [-0.05, 0) is 44.7 Å². The van der Waals surface area contributed by atoms with Crippen molar-refractivity contribution in [2.24, 2.45) is 0 Å². The molecule has 1 aromatic carbocycles. The molecule has 1 saturated carbocycles. The number of hydrogen-bond acceptors (Lipinski definition) is 5. The number of rotatable bonds is 5. The van der Waals surface area contributed by atoms with Crippen molar-refractivity contribution in [3.8, 4) is 5.75 Å². The van der Waals surface area contributed by atoms with Gasteiger partial charge in [0.1, 0.15) is 5.75 Å². The van der Waals surface area contributed by atoms with Gasteiger partial charge in [-0.1, -0.05) is 13.8 Å². The number of amides is 1. The molecule has 3 N–H and O–H groups in total. The second kappa shape index (κ2) is 8.43. The lowest BCUT2D eigenvalue weighted by Gasteiger charge is -2.33. The number of nitrogens with zero attached hydrogens (tertiary/aromatic N) is 3. The maximum absolute atomic E-state index is 12.9. The number of carbonyl (C=O) groups excluding carboxylic acids is 1. The van der Waals surface area contributed by atoms with Gasteiger partial charge in [0.2, 0.25) is 5.69 Å². The number of anilines is 1. The fourth-order valence-electron chi connectivity index (χ4n) is 4.33. The van der Waals surface area contributed by atoms with Crippen molar-refractivity contribution in [3.05, 3.63) is 47.9 Å². The van der Waals surface area contributed by atoms with Crippen molar-refractivity contribution in [1.82, 2.24) is 9.78 Å². The Balaban J connectivity index is 1.62. The molecule has 2 aromatic heterocycles. The lowest BCUT2D eigenvalue weighted by Crippen LogP contribution is -2.43. The van der Waals surface area contributed by atoms with Crippen LogP contribution in [0.25, 0.3) is 10.9 Å². The Hall–Kier alpha value is -3.13. The quantitative estimate of drug-likeness (QED) is 0.415. The van der Waals surface area contributed by atoms with Crippen molar-refractivity contribution < 1.29 is 24.6 Å². The molecular formula is C24H31N4O4+. The molecule has 8 nitrogen and oxygen atoms in total. The van der Waals surface area contributed by atoms with Gasteiger partial charge in [0.15, 0.2) is 0 Å². The molecule has 0 saturated heterocycles. The van der Waals surface area contributed by atoms with Gasteiger partial charge < -0.3 is 15.2 Å². The van der Waals surface area contributed by atoms with Crippen LogP contribution in [0.4, 0.5) is 5.69 Å². The number of methoxy groups -OCH3 is 1. The molecule has 1 amide bonds. The molecule has 1 aliphatic rings. The van der Waals surface area contributed by atoms with Crippen molar-refractivity contribution in [2.75, 3.05) is 12.4 Å². The minimum absolute atomic E-state index is 0.0629. The van der Waals surface area contributed by atoms with Crippen molar-refractivity contribution in [1.29, 1.82) is 0 Å². The molecule has 4 rings (SSSR count). The Morgan fingerprint density at radius 1 is 1.31 bits per heavy atom. The van der Waals surface area contributed by atoms with Crippen LogP contribution in [0.3, 0.4) is 0 Å². The van der Waals surface area contributed by atoms with Crippen molar-refractivity contribution >= 4 is 22.5 Å². The van der Waals surface area contributed by atoms with E-state index in [1.165, 1.54) is 0 Å². The molecule has 1 aliphatic carbocycles. The van der Waals surface area contributed by atoms with Crippen molar-refractivity contribution in [3.63, 3.8) is 0 Å². The number of ether oxygens (including phenoxy) is 1. The molecule has 0 aliphatic heterocycles. The van der Waals surface area contributed by atoms with Gasteiger partial charge in [0.25, 0.3) is 0 Å². The Kier molecular flexibility index (Phi) is 5.81. The lowest BCUT2D eigenvalue weighted by atomic mass is 9.84. The largest absolute Gasteiger partial charge is 0.494 e. The Morgan fingerprint density at radius 3 is 2.69 bits per heavy atom. The highest BCUT2D eigenvalue weighted by Gasteiger charge is 2.30. The van der Waals surface area contributed by atoms with Crippen LogP contribution in [0, 0.1) is 0 Å². The number of benzene rings is 1. The topological polar surface area (TPSA) is 100 Å². The predicted octanol–water partition coefficient (Wildman–Crippen LogP) is 3.81. The average molecular weight is 440 g/mol. The molecule has 0 spiro atoms. The van der Waals surface area contributed by atoms with Crippen LogP contribution in [-0.2, 0) is 0 Å². The summed E-state index contributed by atoms with van der Waals surface area (Å²) < 4.78 is 8.39. The molecule has 8 heteroatoms. The molecule has 3 aromatic rings. The van der Waals surface area contributed by atoms with E-state index >= 15 is 0 Å². The van der Waals surface area contributed by atoms with E-state index in [9.17, 15) is 15.1 Å². The van der Waals surface area contributed by atoms with E-state index < -0.39 is 11.5 Å². The summed E-state index contributed by atoms with van der Waals surface area (Å²) in [7, 11) is 1.54. The number of hydrogen-bond donors (Lipinski definition) is 3. The normalized spacial score (nSPS) is 21.1. The monoisotopic (exact) mass is 439 g/mol. The van der Waals surface area contributed by atoms with E-state index in [2.05, 4.69) is 5.32 Å². The summed E-state index contributed by atoms with van der Waals surface area (Å²) in [6.45, 7) is 5.78. The van der Waals surface area contributed by atoms with Crippen LogP contribution in [0.5, 0.6) is 5.75 Å². The summed E-state index contributed by atoms with van der Waals surface area (Å²) in [5, 5.41) is 29.2. The number of fused-ring (bicyclic) bond motifs is 1. The van der Waals surface area contributed by atoms with Gasteiger partial charge in [-0.25, -0.2) is 0 Å². The minimum Gasteiger partial charge on any atom is -0.494 e. The summed E-state index contributed by atoms with van der Waals surface area (Å²) in [6.07, 6.45) is 5.19. The number of aliphatic hydroxyl groups is 1. The third kappa shape index (κ3) is 4.27. The Bertz CT molecular complexity index is 1140. The summed E-state index contributed by atoms with van der Waals surface area (Å²) >= 11 is 0. The van der Waals surface area contributed by atoms with E-state index in [1.54, 1.807) is 31.4 Å². The first-order valence-corrected chi connectivity index (χ1v) is 11.0. The summed E-state index contributed by atoms with van der Waals surface area (Å²) in [6, 6.07) is 8.98. The first kappa shape index (κ1) is 22.1. The zero-order valence-electron chi connectivity index (χ0n) is 19.0. The maximum Gasteiger partial charge on any atom is 0.325 e. The highest BCUT2D eigenvalue weighted by Crippen LogP contribution is 2.36. The smallest absolute Gasteiger partial charge is 0.325 e. The van der Waals surface area contributed by atoms with Gasteiger partial charge in [0.05, 0.1) is 30.0 Å². The van der Waals surface area contributed by atoms with E-state index in [0.29, 0.717) is 17.1 Å². The van der Waals surface area contributed by atoms with Crippen LogP contribution in [0.1, 0.15) is 74.6 Å². The zero-order valence-corrected chi connectivity index (χ0v) is 19.0. The van der Waals surface area contributed by atoms with Gasteiger partial charge in [-0.15, -0.1) is 0 Å². The van der Waals surface area contributed by atoms with Crippen LogP contribution < -0.4 is 14.8 Å². The highest BCUT2D eigenvalue weighted by atomic mass is 16.5. The van der Waals surface area contributed by atoms with Gasteiger partial charge in [0, 0.05) is 40.4 Å². The van der Waals surface area contributed by atoms with E-state index in [4.69, 9.17) is 9.84 Å². The van der Waals surface area contributed by atoms with E-state index in [0.717, 1.165) is 41.3 Å². The molecule has 2 heterocycles. The third-order valence-electron chi connectivity index (χ3n) is 6.32. The van der Waals surface area contributed by atoms with Crippen molar-refractivity contribution in [2.45, 2.75) is 64.0 Å². The molecule has 170 valence electrons. The maximum atomic E-state index is 12.9. The average Bonchev–Trinajstić information content (AvgIpc) is 3.15. The highest BCUT2D eigenvalue weighted by molar-refractivity contribution is 6.04. The van der Waals surface area contributed by atoms with Crippen LogP contribution in [0.2, 0.25) is 0 Å². The van der Waals surface area contributed by atoms with E-state index in [-0.39, 0.29) is 17.7 Å². The Morgan fingerprint density at radius 2 is 2.03 bits per heavy atom. The first-order valence-electron chi connectivity index (χ1n) is 11.0. The lowest BCUT2D eigenvalue weighted by molar-refractivity contribution is -0.911. The number of pyridine rings is 1. The fourth-order valence-corrected chi connectivity index (χ4v) is 4.33. The SMILES string of the molecule is COc1cc2nn(C3CCC(C)(O)CC3)cc2cc1NC(=O)c1cccc(C(C)C)[n+]1O. The minimum atomic E-state index is -0.597. The van der Waals surface area contributed by atoms with Crippen LogP contribution in [0.15, 0.2) is 36.5 Å². The Labute approximate surface area is 187 Å². The van der Waals surface area contributed by atoms with Gasteiger partial charge in [-0.2, -0.15) is 5.10 Å². The summed E-state index contributed by atoms with van der Waals surface area (Å²) in [5.74, 6) is 0.120. The van der Waals surface area contributed by atoms with Crippen LogP contribution in [-0.4, -0.2) is 38.7 Å². The van der Waals surface area contributed by atoms with Crippen LogP contribution >= 0.6 is 0 Å². The molecule has 1 fully saturated rings. The van der Waals surface area contributed by atoms with Gasteiger partial charge >= 0.3 is 11.6 Å². The summed E-state index contributed by atoms with van der Waals surface area (Å²) in [4.78, 5) is 12.9. The fraction of sp³-hybridized carbons (Fsp3) is 0.458. The third-order valence-corrected chi connectivity index (χ3v) is 6.32. The molecule has 0 unspecified atom stereocenters. The number of carbonyl (C=O) groups is 1. The van der Waals surface area contributed by atoms with Gasteiger partial charge in [-0.3, -0.25) is 14.7 Å². The summed E-state index contributed by atoms with van der Waals surface area (Å²) in [5.41, 5.74) is 1.47. The number of aromatic nitrogens is 3. The molecule has 0 atom stereocenters. The predicted molar refractivity (Wildman–Crippen MR) is 120 cm³/mol. The molecular weight excluding hydrogens is 408 g/mol. The zero-order chi connectivity index (χ0) is 23.0.